The fourth-order valence-electron chi connectivity index (χ4n) is 2.87. The Bertz CT molecular complexity index is 641. The zero-order chi connectivity index (χ0) is 18.1. The van der Waals surface area contributed by atoms with Gasteiger partial charge >= 0.3 is 11.6 Å². The lowest BCUT2D eigenvalue weighted by atomic mass is 10.1. The Morgan fingerprint density at radius 2 is 2.21 bits per heavy atom. The van der Waals surface area contributed by atoms with E-state index < -0.39 is 45.0 Å². The first-order valence-corrected chi connectivity index (χ1v) is 10.9. The number of nitrogen functional groups attached to an aromatic ring is 1. The Kier molecular flexibility index (Phi) is 5.43. The highest BCUT2D eigenvalue weighted by Gasteiger charge is 2.61. The number of anilines is 1. The van der Waals surface area contributed by atoms with Crippen LogP contribution in [-0.4, -0.2) is 47.7 Å². The Labute approximate surface area is 139 Å². The Morgan fingerprint density at radius 1 is 1.54 bits per heavy atom. The van der Waals surface area contributed by atoms with Crippen molar-refractivity contribution in [2.24, 2.45) is 0 Å². The number of aliphatic hydroxyl groups excluding tert-OH is 1. The molecule has 1 fully saturated rings. The van der Waals surface area contributed by atoms with E-state index in [1.54, 1.807) is 0 Å². The minimum atomic E-state index is -3.49. The van der Waals surface area contributed by atoms with Gasteiger partial charge in [-0.2, -0.15) is 13.8 Å². The Balaban J connectivity index is 2.35. The third-order valence-electron chi connectivity index (χ3n) is 3.93. The van der Waals surface area contributed by atoms with Crippen LogP contribution >= 0.6 is 0 Å². The van der Waals surface area contributed by atoms with Crippen LogP contribution in [0.2, 0.25) is 19.1 Å². The molecule has 0 radical (unpaired) electrons. The van der Waals surface area contributed by atoms with Gasteiger partial charge in [0.15, 0.2) is 8.32 Å². The molecular formula is C14H23F2N3O4Si. The number of aliphatic hydroxyl groups is 1. The highest BCUT2D eigenvalue weighted by atomic mass is 28.4. The van der Waals surface area contributed by atoms with Gasteiger partial charge in [0.05, 0.1) is 6.61 Å². The van der Waals surface area contributed by atoms with Crippen LogP contribution in [0.15, 0.2) is 17.1 Å². The van der Waals surface area contributed by atoms with Crippen LogP contribution in [0.3, 0.4) is 0 Å². The zero-order valence-corrected chi connectivity index (χ0v) is 14.9. The second kappa shape index (κ2) is 6.87. The van der Waals surface area contributed by atoms with E-state index in [1.807, 2.05) is 20.0 Å². The lowest BCUT2D eigenvalue weighted by Gasteiger charge is -2.32. The third-order valence-corrected chi connectivity index (χ3v) is 6.53. The van der Waals surface area contributed by atoms with Crippen LogP contribution < -0.4 is 11.4 Å². The van der Waals surface area contributed by atoms with Gasteiger partial charge in [-0.25, -0.2) is 4.79 Å². The van der Waals surface area contributed by atoms with Gasteiger partial charge < -0.3 is 20.0 Å². The molecule has 0 aromatic carbocycles. The second-order valence-electron chi connectivity index (χ2n) is 6.47. The van der Waals surface area contributed by atoms with Gasteiger partial charge in [-0.1, -0.05) is 13.3 Å². The summed E-state index contributed by atoms with van der Waals surface area (Å²) in [5.74, 6) is -3.56. The molecule has 0 bridgehead atoms. The molecule has 1 aliphatic heterocycles. The first-order chi connectivity index (χ1) is 11.1. The summed E-state index contributed by atoms with van der Waals surface area (Å²) in [6.45, 7) is 4.99. The number of hydrogen-bond acceptors (Lipinski definition) is 6. The smallest absolute Gasteiger partial charge is 0.351 e. The number of rotatable bonds is 6. The predicted octanol–water partition coefficient (Wildman–Crippen LogP) is 1.35. The highest BCUT2D eigenvalue weighted by Crippen LogP contribution is 2.45. The van der Waals surface area contributed by atoms with E-state index in [0.29, 0.717) is 10.6 Å². The molecule has 1 aliphatic rings. The SMILES string of the molecule is CCC[Si](C)(C)OC1C(CO)OC(n2ccc(N)nc2=O)C1(F)F. The van der Waals surface area contributed by atoms with Crippen LogP contribution in [-0.2, 0) is 9.16 Å². The molecule has 0 amide bonds. The van der Waals surface area contributed by atoms with Crippen molar-refractivity contribution >= 4 is 14.1 Å². The average molecular weight is 363 g/mol. The molecule has 0 saturated carbocycles. The van der Waals surface area contributed by atoms with E-state index in [1.165, 1.54) is 6.07 Å². The fourth-order valence-corrected chi connectivity index (χ4v) is 5.19. The topological polar surface area (TPSA) is 99.6 Å². The molecule has 3 N–H and O–H groups in total. The van der Waals surface area contributed by atoms with E-state index in [4.69, 9.17) is 14.9 Å². The number of halogens is 2. The third kappa shape index (κ3) is 3.66. The van der Waals surface area contributed by atoms with Crippen LogP contribution in [0.25, 0.3) is 0 Å². The van der Waals surface area contributed by atoms with E-state index in [9.17, 15) is 18.7 Å². The van der Waals surface area contributed by atoms with E-state index in [2.05, 4.69) is 4.98 Å². The normalized spacial score (nSPS) is 26.7. The molecule has 0 aliphatic carbocycles. The van der Waals surface area contributed by atoms with Crippen molar-refractivity contribution in [1.29, 1.82) is 0 Å². The zero-order valence-electron chi connectivity index (χ0n) is 13.9. The summed E-state index contributed by atoms with van der Waals surface area (Å²) in [7, 11) is -2.36. The molecule has 0 spiro atoms. The lowest BCUT2D eigenvalue weighted by Crippen LogP contribution is -2.49. The summed E-state index contributed by atoms with van der Waals surface area (Å²) in [6.07, 6.45) is -2.82. The molecule has 136 valence electrons. The summed E-state index contributed by atoms with van der Waals surface area (Å²) in [5, 5.41) is 9.43. The summed E-state index contributed by atoms with van der Waals surface area (Å²) in [5.41, 5.74) is 4.44. The van der Waals surface area contributed by atoms with Gasteiger partial charge in [-0.05, 0) is 25.2 Å². The van der Waals surface area contributed by atoms with Crippen LogP contribution in [0, 0.1) is 0 Å². The van der Waals surface area contributed by atoms with Crippen molar-refractivity contribution < 1.29 is 23.1 Å². The maximum atomic E-state index is 14.9. The van der Waals surface area contributed by atoms with Crippen LogP contribution in [0.5, 0.6) is 0 Å². The van der Waals surface area contributed by atoms with Gasteiger partial charge in [0.1, 0.15) is 18.0 Å². The van der Waals surface area contributed by atoms with Crippen LogP contribution in [0.4, 0.5) is 14.6 Å². The standard InChI is InChI=1S/C14H23F2N3O4Si/c1-4-7-24(2,3)23-11-9(8-20)22-12(14(11,15)16)19-6-5-10(17)18-13(19)21/h5-6,9,11-12,20H,4,7-8H2,1-3H3,(H2,17,18,21). The predicted molar refractivity (Wildman–Crippen MR) is 86.3 cm³/mol. The molecular weight excluding hydrogens is 340 g/mol. The van der Waals surface area contributed by atoms with Gasteiger partial charge in [0, 0.05) is 6.20 Å². The summed E-state index contributed by atoms with van der Waals surface area (Å²) < 4.78 is 41.4. The minimum Gasteiger partial charge on any atom is -0.406 e. The molecule has 24 heavy (non-hydrogen) atoms. The maximum Gasteiger partial charge on any atom is 0.351 e. The highest BCUT2D eigenvalue weighted by molar-refractivity contribution is 6.71. The largest absolute Gasteiger partial charge is 0.406 e. The molecule has 3 unspecified atom stereocenters. The minimum absolute atomic E-state index is 0.0689. The molecule has 7 nitrogen and oxygen atoms in total. The quantitative estimate of drug-likeness (QED) is 0.740. The first kappa shape index (κ1) is 19.0. The molecule has 10 heteroatoms. The van der Waals surface area contributed by atoms with Crippen molar-refractivity contribution in [1.82, 2.24) is 9.55 Å². The Morgan fingerprint density at radius 3 is 2.75 bits per heavy atom. The van der Waals surface area contributed by atoms with Gasteiger partial charge in [0.25, 0.3) is 0 Å². The monoisotopic (exact) mass is 363 g/mol. The fraction of sp³-hybridized carbons (Fsp3) is 0.714. The van der Waals surface area contributed by atoms with Crippen molar-refractivity contribution in [2.75, 3.05) is 12.3 Å². The van der Waals surface area contributed by atoms with E-state index >= 15 is 0 Å². The summed E-state index contributed by atoms with van der Waals surface area (Å²) >= 11 is 0. The molecule has 2 rings (SSSR count). The molecule has 1 aromatic heterocycles. The summed E-state index contributed by atoms with van der Waals surface area (Å²) in [4.78, 5) is 15.3. The lowest BCUT2D eigenvalue weighted by molar-refractivity contribution is -0.138. The number of ether oxygens (including phenoxy) is 1. The first-order valence-electron chi connectivity index (χ1n) is 7.79. The number of hydrogen-bond donors (Lipinski definition) is 2. The molecule has 1 aromatic rings. The van der Waals surface area contributed by atoms with Crippen molar-refractivity contribution in [2.45, 2.75) is 56.8 Å². The second-order valence-corrected chi connectivity index (χ2v) is 10.7. The number of nitrogens with zero attached hydrogens (tertiary/aromatic N) is 2. The van der Waals surface area contributed by atoms with Crippen LogP contribution in [0.1, 0.15) is 19.6 Å². The molecule has 3 atom stereocenters. The summed E-state index contributed by atoms with van der Waals surface area (Å²) in [6, 6.07) is 1.94. The number of aromatic nitrogens is 2. The molecule has 2 heterocycles. The van der Waals surface area contributed by atoms with Gasteiger partial charge in [-0.15, -0.1) is 0 Å². The van der Waals surface area contributed by atoms with Crippen molar-refractivity contribution in [3.05, 3.63) is 22.7 Å². The van der Waals surface area contributed by atoms with Gasteiger partial charge in [-0.3, -0.25) is 4.57 Å². The molecule has 1 saturated heterocycles. The van der Waals surface area contributed by atoms with Crippen molar-refractivity contribution in [3.8, 4) is 0 Å². The average Bonchev–Trinajstić information content (AvgIpc) is 2.70. The maximum absolute atomic E-state index is 14.9. The van der Waals surface area contributed by atoms with E-state index in [0.717, 1.165) is 12.6 Å². The Hall–Kier alpha value is -1.36. The van der Waals surface area contributed by atoms with Gasteiger partial charge in [0.2, 0.25) is 6.23 Å². The van der Waals surface area contributed by atoms with E-state index in [-0.39, 0.29) is 5.82 Å². The number of alkyl halides is 2. The van der Waals surface area contributed by atoms with Crippen molar-refractivity contribution in [3.63, 3.8) is 0 Å². The number of nitrogens with two attached hydrogens (primary N) is 1.